The Kier molecular flexibility index (Phi) is 10.6. The summed E-state index contributed by atoms with van der Waals surface area (Å²) in [6.07, 6.45) is 0.404. The van der Waals surface area contributed by atoms with Gasteiger partial charge in [-0.3, -0.25) is 9.59 Å². The Labute approximate surface area is 230 Å². The van der Waals surface area contributed by atoms with Crippen molar-refractivity contribution >= 4 is 43.7 Å². The number of amides is 2. The summed E-state index contributed by atoms with van der Waals surface area (Å²) in [4.78, 5) is 28.4. The Balaban J connectivity index is 1.88. The molecule has 1 atom stereocenters. The number of carbonyl (C=O) groups is 2. The lowest BCUT2D eigenvalue weighted by Crippen LogP contribution is -2.51. The molecule has 7 heteroatoms. The predicted octanol–water partition coefficient (Wildman–Crippen LogP) is 6.49. The van der Waals surface area contributed by atoms with Gasteiger partial charge >= 0.3 is 0 Å². The summed E-state index contributed by atoms with van der Waals surface area (Å²) in [5.41, 5.74) is 3.09. The SMILES string of the molecule is CCNC(=O)[C@H](Cc1ccccc1)N(Cc1ccc(Br)cc1)C(=O)COc1ccc(C(C)C)cc1Br. The highest BCUT2D eigenvalue weighted by molar-refractivity contribution is 9.10. The monoisotopic (exact) mass is 614 g/mol. The van der Waals surface area contributed by atoms with E-state index in [-0.39, 0.29) is 25.0 Å². The van der Waals surface area contributed by atoms with Crippen molar-refractivity contribution < 1.29 is 14.3 Å². The molecule has 0 aromatic heterocycles. The van der Waals surface area contributed by atoms with Gasteiger partial charge in [-0.25, -0.2) is 0 Å². The minimum atomic E-state index is -0.682. The second-order valence-corrected chi connectivity index (χ2v) is 10.7. The van der Waals surface area contributed by atoms with E-state index in [0.717, 1.165) is 20.1 Å². The summed E-state index contributed by atoms with van der Waals surface area (Å²) in [5, 5.41) is 2.91. The van der Waals surface area contributed by atoms with Crippen molar-refractivity contribution in [2.45, 2.75) is 45.7 Å². The maximum absolute atomic E-state index is 13.6. The molecule has 0 radical (unpaired) electrons. The van der Waals surface area contributed by atoms with Gasteiger partial charge in [0.1, 0.15) is 11.8 Å². The normalized spacial score (nSPS) is 11.7. The predicted molar refractivity (Wildman–Crippen MR) is 151 cm³/mol. The maximum Gasteiger partial charge on any atom is 0.261 e. The summed E-state index contributed by atoms with van der Waals surface area (Å²) in [6, 6.07) is 22.7. The number of carbonyl (C=O) groups excluding carboxylic acids is 2. The largest absolute Gasteiger partial charge is 0.483 e. The fourth-order valence-electron chi connectivity index (χ4n) is 3.85. The molecule has 0 fully saturated rings. The van der Waals surface area contributed by atoms with E-state index in [2.05, 4.69) is 51.0 Å². The van der Waals surface area contributed by atoms with Crippen LogP contribution in [0, 0.1) is 0 Å². The van der Waals surface area contributed by atoms with Crippen LogP contribution in [0.2, 0.25) is 0 Å². The third kappa shape index (κ3) is 7.93. The van der Waals surface area contributed by atoms with Crippen LogP contribution in [0.1, 0.15) is 43.4 Å². The molecule has 0 aliphatic carbocycles. The second-order valence-electron chi connectivity index (χ2n) is 8.88. The van der Waals surface area contributed by atoms with Gasteiger partial charge < -0.3 is 15.0 Å². The van der Waals surface area contributed by atoms with E-state index in [4.69, 9.17) is 4.74 Å². The van der Waals surface area contributed by atoms with Crippen LogP contribution >= 0.6 is 31.9 Å². The Hall–Kier alpha value is -2.64. The highest BCUT2D eigenvalue weighted by Gasteiger charge is 2.30. The molecular formula is C29H32Br2N2O3. The number of halogens is 2. The molecule has 0 aliphatic heterocycles. The van der Waals surface area contributed by atoms with Crippen molar-refractivity contribution in [3.63, 3.8) is 0 Å². The quantitative estimate of drug-likeness (QED) is 0.268. The van der Waals surface area contributed by atoms with Crippen LogP contribution in [0.3, 0.4) is 0 Å². The van der Waals surface area contributed by atoms with Crippen LogP contribution in [0.5, 0.6) is 5.75 Å². The van der Waals surface area contributed by atoms with Gasteiger partial charge in [0.25, 0.3) is 5.91 Å². The highest BCUT2D eigenvalue weighted by Crippen LogP contribution is 2.29. The molecular weight excluding hydrogens is 584 g/mol. The van der Waals surface area contributed by atoms with Crippen LogP contribution in [-0.2, 0) is 22.6 Å². The first kappa shape index (κ1) is 27.9. The summed E-state index contributed by atoms with van der Waals surface area (Å²) in [5.74, 6) is 0.530. The highest BCUT2D eigenvalue weighted by atomic mass is 79.9. The van der Waals surface area contributed by atoms with Gasteiger partial charge in [0.2, 0.25) is 5.91 Å². The molecule has 1 N–H and O–H groups in total. The van der Waals surface area contributed by atoms with Gasteiger partial charge in [0, 0.05) is 24.0 Å². The number of nitrogens with one attached hydrogen (secondary N) is 1. The van der Waals surface area contributed by atoms with E-state index >= 15 is 0 Å². The number of benzene rings is 3. The van der Waals surface area contributed by atoms with Gasteiger partial charge in [0.05, 0.1) is 4.47 Å². The maximum atomic E-state index is 13.6. The fraction of sp³-hybridized carbons (Fsp3) is 0.310. The molecule has 0 saturated carbocycles. The number of ether oxygens (including phenoxy) is 1. The Morgan fingerprint density at radius 1 is 0.944 bits per heavy atom. The van der Waals surface area contributed by atoms with Crippen LogP contribution in [0.25, 0.3) is 0 Å². The van der Waals surface area contributed by atoms with Gasteiger partial charge in [-0.1, -0.05) is 78.3 Å². The molecule has 3 aromatic carbocycles. The molecule has 0 heterocycles. The lowest BCUT2D eigenvalue weighted by molar-refractivity contribution is -0.142. The Bertz CT molecular complexity index is 1150. The fourth-order valence-corrected chi connectivity index (χ4v) is 4.62. The zero-order chi connectivity index (χ0) is 26.1. The van der Waals surface area contributed by atoms with E-state index < -0.39 is 6.04 Å². The molecule has 3 aromatic rings. The molecule has 36 heavy (non-hydrogen) atoms. The van der Waals surface area contributed by atoms with Crippen molar-refractivity contribution in [1.29, 1.82) is 0 Å². The molecule has 0 unspecified atom stereocenters. The van der Waals surface area contributed by atoms with Gasteiger partial charge in [-0.2, -0.15) is 0 Å². The van der Waals surface area contributed by atoms with Crippen molar-refractivity contribution in [3.05, 3.63) is 98.4 Å². The van der Waals surface area contributed by atoms with E-state index in [0.29, 0.717) is 24.6 Å². The van der Waals surface area contributed by atoms with Crippen molar-refractivity contribution in [3.8, 4) is 5.75 Å². The van der Waals surface area contributed by atoms with Gasteiger partial charge in [0.15, 0.2) is 6.61 Å². The first-order valence-electron chi connectivity index (χ1n) is 12.1. The van der Waals surface area contributed by atoms with E-state index in [1.54, 1.807) is 4.90 Å². The second kappa shape index (κ2) is 13.6. The Morgan fingerprint density at radius 2 is 1.64 bits per heavy atom. The zero-order valence-electron chi connectivity index (χ0n) is 20.8. The summed E-state index contributed by atoms with van der Waals surface area (Å²) >= 11 is 7.02. The molecule has 0 aliphatic rings. The van der Waals surface area contributed by atoms with Crippen LogP contribution in [0.4, 0.5) is 0 Å². The summed E-state index contributed by atoms with van der Waals surface area (Å²) in [7, 11) is 0. The van der Waals surface area contributed by atoms with E-state index in [1.807, 2.05) is 79.7 Å². The number of nitrogens with zero attached hydrogens (tertiary/aromatic N) is 1. The molecule has 0 bridgehead atoms. The molecule has 0 saturated heterocycles. The average Bonchev–Trinajstić information content (AvgIpc) is 2.87. The number of likely N-dealkylation sites (N-methyl/N-ethyl adjacent to an activating group) is 1. The summed E-state index contributed by atoms with van der Waals surface area (Å²) < 4.78 is 7.68. The van der Waals surface area contributed by atoms with Crippen LogP contribution in [-0.4, -0.2) is 35.9 Å². The number of rotatable bonds is 11. The molecule has 0 spiro atoms. The average molecular weight is 616 g/mol. The molecule has 5 nitrogen and oxygen atoms in total. The van der Waals surface area contributed by atoms with Crippen molar-refractivity contribution in [1.82, 2.24) is 10.2 Å². The first-order chi connectivity index (χ1) is 17.3. The summed E-state index contributed by atoms with van der Waals surface area (Å²) in [6.45, 7) is 6.72. The zero-order valence-corrected chi connectivity index (χ0v) is 24.0. The third-order valence-corrected chi connectivity index (χ3v) is 7.01. The lowest BCUT2D eigenvalue weighted by atomic mass is 10.0. The van der Waals surface area contributed by atoms with Gasteiger partial charge in [-0.05, 0) is 69.7 Å². The minimum Gasteiger partial charge on any atom is -0.483 e. The first-order valence-corrected chi connectivity index (χ1v) is 13.6. The topological polar surface area (TPSA) is 58.6 Å². The standard InChI is InChI=1S/C29H32Br2N2O3/c1-4-32-29(35)26(16-21-8-6-5-7-9-21)33(18-22-10-13-24(30)14-11-22)28(34)19-36-27-15-12-23(20(2)3)17-25(27)31/h5-15,17,20,26H,4,16,18-19H2,1-3H3,(H,32,35)/t26-/m0/s1. The molecule has 2 amide bonds. The third-order valence-electron chi connectivity index (χ3n) is 5.86. The van der Waals surface area contributed by atoms with E-state index in [9.17, 15) is 9.59 Å². The van der Waals surface area contributed by atoms with Crippen molar-refractivity contribution in [2.75, 3.05) is 13.2 Å². The minimum absolute atomic E-state index is 0.180. The molecule has 3 rings (SSSR count). The smallest absolute Gasteiger partial charge is 0.261 e. The lowest BCUT2D eigenvalue weighted by Gasteiger charge is -2.31. The van der Waals surface area contributed by atoms with Gasteiger partial charge in [-0.15, -0.1) is 0 Å². The van der Waals surface area contributed by atoms with Crippen LogP contribution in [0.15, 0.2) is 81.7 Å². The van der Waals surface area contributed by atoms with E-state index in [1.165, 1.54) is 5.56 Å². The number of hydrogen-bond acceptors (Lipinski definition) is 3. The number of hydrogen-bond donors (Lipinski definition) is 1. The Morgan fingerprint density at radius 3 is 2.25 bits per heavy atom. The molecule has 190 valence electrons. The van der Waals surface area contributed by atoms with Crippen molar-refractivity contribution in [2.24, 2.45) is 0 Å². The van der Waals surface area contributed by atoms with Crippen LogP contribution < -0.4 is 10.1 Å².